The van der Waals surface area contributed by atoms with Crippen LogP contribution in [0, 0.1) is 45.3 Å². The lowest BCUT2D eigenvalue weighted by Gasteiger charge is -2.19. The number of benzene rings is 8. The van der Waals surface area contributed by atoms with Crippen molar-refractivity contribution < 1.29 is 8.83 Å². The summed E-state index contributed by atoms with van der Waals surface area (Å²) in [6.45, 7) is 0. The van der Waals surface area contributed by atoms with Gasteiger partial charge in [0.1, 0.15) is 40.5 Å². The van der Waals surface area contributed by atoms with Crippen LogP contribution in [-0.2, 0) is 0 Å². The Morgan fingerprint density at radius 2 is 0.883 bits per heavy atom. The van der Waals surface area contributed by atoms with Gasteiger partial charge in [0.05, 0.1) is 56.1 Å². The van der Waals surface area contributed by atoms with Gasteiger partial charge in [-0.3, -0.25) is 0 Å². The van der Waals surface area contributed by atoms with Gasteiger partial charge in [-0.25, -0.2) is 0 Å². The molecular weight excluding hydrogens is 741 g/mol. The summed E-state index contributed by atoms with van der Waals surface area (Å²) in [4.78, 5) is 0. The summed E-state index contributed by atoms with van der Waals surface area (Å²) < 4.78 is 16.7. The molecular formula is C52H24N6O2. The average molecular weight is 765 g/mol. The number of para-hydroxylation sites is 4. The van der Waals surface area contributed by atoms with E-state index in [0.29, 0.717) is 22.4 Å². The minimum atomic E-state index is -0.0296. The van der Waals surface area contributed by atoms with Crippen molar-refractivity contribution in [3.63, 3.8) is 0 Å². The van der Waals surface area contributed by atoms with Gasteiger partial charge in [0.25, 0.3) is 0 Å². The summed E-state index contributed by atoms with van der Waals surface area (Å²) in [6, 6.07) is 56.4. The van der Waals surface area contributed by atoms with Gasteiger partial charge in [-0.1, -0.05) is 78.9 Å². The molecule has 4 heterocycles. The summed E-state index contributed by atoms with van der Waals surface area (Å²) >= 11 is 0. The lowest BCUT2D eigenvalue weighted by molar-refractivity contribution is 0.669. The normalized spacial score (nSPS) is 11.6. The molecule has 274 valence electrons. The number of nitrogens with zero attached hydrogens (tertiary/aromatic N) is 6. The Morgan fingerprint density at radius 3 is 1.45 bits per heavy atom. The molecule has 12 aromatic rings. The Labute approximate surface area is 340 Å². The first kappa shape index (κ1) is 33.1. The fourth-order valence-electron chi connectivity index (χ4n) is 9.49. The molecule has 60 heavy (non-hydrogen) atoms. The van der Waals surface area contributed by atoms with Crippen LogP contribution in [0.1, 0.15) is 22.3 Å². The molecule has 4 aromatic heterocycles. The fourth-order valence-corrected chi connectivity index (χ4v) is 9.49. The van der Waals surface area contributed by atoms with Crippen molar-refractivity contribution in [3.05, 3.63) is 168 Å². The van der Waals surface area contributed by atoms with Crippen molar-refractivity contribution in [2.45, 2.75) is 0 Å². The van der Waals surface area contributed by atoms with E-state index in [4.69, 9.17) is 8.83 Å². The van der Waals surface area contributed by atoms with Crippen LogP contribution in [-0.4, -0.2) is 9.13 Å². The van der Waals surface area contributed by atoms with Crippen molar-refractivity contribution in [1.82, 2.24) is 9.13 Å². The Bertz CT molecular complexity index is 4070. The highest BCUT2D eigenvalue weighted by Crippen LogP contribution is 2.46. The maximum absolute atomic E-state index is 11.0. The number of hydrogen-bond donors (Lipinski definition) is 0. The number of aromatic nitrogens is 2. The molecule has 8 nitrogen and oxygen atoms in total. The number of fused-ring (bicyclic) bond motifs is 14. The van der Waals surface area contributed by atoms with E-state index in [1.165, 1.54) is 0 Å². The van der Waals surface area contributed by atoms with Crippen molar-refractivity contribution in [2.24, 2.45) is 0 Å². The molecule has 0 aliphatic rings. The monoisotopic (exact) mass is 764 g/mol. The third-order valence-electron chi connectivity index (χ3n) is 11.9. The van der Waals surface area contributed by atoms with Crippen LogP contribution in [0.3, 0.4) is 0 Å². The van der Waals surface area contributed by atoms with Crippen LogP contribution in [0.2, 0.25) is 0 Å². The third-order valence-corrected chi connectivity index (χ3v) is 11.9. The third kappa shape index (κ3) is 4.28. The van der Waals surface area contributed by atoms with Crippen LogP contribution < -0.4 is 0 Å². The second-order valence-electron chi connectivity index (χ2n) is 14.8. The van der Waals surface area contributed by atoms with Gasteiger partial charge in [-0.05, 0) is 66.7 Å². The summed E-state index contributed by atoms with van der Waals surface area (Å²) in [5.41, 5.74) is 9.09. The lowest BCUT2D eigenvalue weighted by atomic mass is 9.90. The molecule has 0 bridgehead atoms. The topological polar surface area (TPSA) is 131 Å². The molecule has 0 saturated heterocycles. The second kappa shape index (κ2) is 12.2. The van der Waals surface area contributed by atoms with E-state index in [2.05, 4.69) is 53.1 Å². The van der Waals surface area contributed by atoms with Crippen molar-refractivity contribution >= 4 is 87.5 Å². The van der Waals surface area contributed by atoms with E-state index >= 15 is 0 Å². The molecule has 8 aromatic carbocycles. The predicted molar refractivity (Wildman–Crippen MR) is 234 cm³/mol. The highest BCUT2D eigenvalue weighted by molar-refractivity contribution is 6.28. The van der Waals surface area contributed by atoms with Gasteiger partial charge in [0, 0.05) is 59.9 Å². The number of hydrogen-bond acceptors (Lipinski definition) is 6. The van der Waals surface area contributed by atoms with E-state index < -0.39 is 0 Å². The van der Waals surface area contributed by atoms with E-state index in [1.54, 1.807) is 6.07 Å². The molecule has 0 radical (unpaired) electrons. The minimum Gasteiger partial charge on any atom is -0.456 e. The molecule has 8 heteroatoms. The first-order chi connectivity index (χ1) is 29.6. The first-order valence-electron chi connectivity index (χ1n) is 19.2. The zero-order chi connectivity index (χ0) is 40.2. The highest BCUT2D eigenvalue weighted by Gasteiger charge is 2.27. The lowest BCUT2D eigenvalue weighted by Crippen LogP contribution is -2.06. The van der Waals surface area contributed by atoms with E-state index in [0.717, 1.165) is 93.2 Å². The maximum atomic E-state index is 11.0. The molecule has 0 atom stereocenters. The zero-order valence-electron chi connectivity index (χ0n) is 31.4. The van der Waals surface area contributed by atoms with Crippen molar-refractivity contribution in [2.75, 3.05) is 0 Å². The molecule has 12 rings (SSSR count). The molecule has 0 aliphatic heterocycles. The van der Waals surface area contributed by atoms with Crippen molar-refractivity contribution in [1.29, 1.82) is 21.0 Å². The summed E-state index contributed by atoms with van der Waals surface area (Å²) in [6.07, 6.45) is 0. The standard InChI is InChI=1S/C52H24N6O2/c53-25-29-23-31(57-40-13-5-1-9-33(40)48-42(57)19-21-46-50(48)35-11-3-7-15-44(35)59-46)17-18-32(29)37-24-30(26-54)38(27-55)39(28-56)52(37)58-41-14-6-2-10-34(41)49-43(58)20-22-47-51(49)36-12-4-8-16-45(36)60-47/h1-24H. The van der Waals surface area contributed by atoms with Crippen molar-refractivity contribution in [3.8, 4) is 46.8 Å². The fraction of sp³-hybridized carbons (Fsp3) is 0. The number of nitriles is 4. The van der Waals surface area contributed by atoms with E-state index in [9.17, 15) is 21.0 Å². The summed E-state index contributed by atoms with van der Waals surface area (Å²) in [5, 5.41) is 50.7. The average Bonchev–Trinajstić information content (AvgIpc) is 4.05. The number of furan rings is 2. The first-order valence-corrected chi connectivity index (χ1v) is 19.2. The SMILES string of the molecule is N#Cc1cc(-n2c3ccccc3c3c4c(ccc32)oc2ccccc24)ccc1-c1cc(C#N)c(C#N)c(C#N)c1-n1c2ccccc2c2c3c(ccc21)oc1ccccc13. The van der Waals surface area contributed by atoms with Crippen LogP contribution >= 0.6 is 0 Å². The smallest absolute Gasteiger partial charge is 0.136 e. The van der Waals surface area contributed by atoms with Gasteiger partial charge in [-0.2, -0.15) is 21.0 Å². The van der Waals surface area contributed by atoms with Gasteiger partial charge < -0.3 is 18.0 Å². The van der Waals surface area contributed by atoms with Crippen LogP contribution in [0.25, 0.3) is 110 Å². The van der Waals surface area contributed by atoms with Crippen LogP contribution in [0.4, 0.5) is 0 Å². The molecule has 0 unspecified atom stereocenters. The van der Waals surface area contributed by atoms with Gasteiger partial charge in [0.15, 0.2) is 0 Å². The van der Waals surface area contributed by atoms with Gasteiger partial charge in [-0.15, -0.1) is 0 Å². The predicted octanol–water partition coefficient (Wildman–Crippen LogP) is 12.8. The summed E-state index contributed by atoms with van der Waals surface area (Å²) in [5.74, 6) is 0. The molecule has 0 spiro atoms. The minimum absolute atomic E-state index is 0.0296. The molecule has 0 aliphatic carbocycles. The summed E-state index contributed by atoms with van der Waals surface area (Å²) in [7, 11) is 0. The highest BCUT2D eigenvalue weighted by atomic mass is 16.3. The Hall–Kier alpha value is -9.08. The van der Waals surface area contributed by atoms with Crippen LogP contribution in [0.15, 0.2) is 154 Å². The van der Waals surface area contributed by atoms with Gasteiger partial charge >= 0.3 is 0 Å². The maximum Gasteiger partial charge on any atom is 0.136 e. The molecule has 0 saturated carbocycles. The van der Waals surface area contributed by atoms with Gasteiger partial charge in [0.2, 0.25) is 0 Å². The van der Waals surface area contributed by atoms with Crippen LogP contribution in [0.5, 0.6) is 0 Å². The number of rotatable bonds is 3. The van der Waals surface area contributed by atoms with E-state index in [1.807, 2.05) is 120 Å². The van der Waals surface area contributed by atoms with E-state index in [-0.39, 0.29) is 16.7 Å². The zero-order valence-corrected chi connectivity index (χ0v) is 31.4. The Morgan fingerprint density at radius 1 is 0.367 bits per heavy atom. The quantitative estimate of drug-likeness (QED) is 0.176. The molecule has 0 N–H and O–H groups in total. The largest absolute Gasteiger partial charge is 0.456 e. The Kier molecular flexibility index (Phi) is 6.73. The molecule has 0 fully saturated rings. The second-order valence-corrected chi connectivity index (χ2v) is 14.8. The Balaban J connectivity index is 1.17. The molecule has 0 amide bonds.